The average molecular weight is 271 g/mol. The van der Waals surface area contributed by atoms with E-state index in [0.29, 0.717) is 0 Å². The summed E-state index contributed by atoms with van der Waals surface area (Å²) in [4.78, 5) is 2.68. The molecular formula is C17H38N2. The topological polar surface area (TPSA) is 15.3 Å². The Bertz CT molecular complexity index is 151. The molecule has 0 saturated carbocycles. The van der Waals surface area contributed by atoms with Crippen LogP contribution in [0.25, 0.3) is 0 Å². The molecule has 0 unspecified atom stereocenters. The van der Waals surface area contributed by atoms with Gasteiger partial charge in [0.1, 0.15) is 0 Å². The number of rotatable bonds is 15. The minimum Gasteiger partial charge on any atom is -0.317 e. The van der Waals surface area contributed by atoms with Crippen LogP contribution in [-0.2, 0) is 0 Å². The monoisotopic (exact) mass is 270 g/mol. The molecule has 0 radical (unpaired) electrons. The van der Waals surface area contributed by atoms with Crippen molar-refractivity contribution in [2.45, 2.75) is 78.6 Å². The predicted molar refractivity (Wildman–Crippen MR) is 87.9 cm³/mol. The molecule has 0 rings (SSSR count). The third kappa shape index (κ3) is 14.1. The van der Waals surface area contributed by atoms with Gasteiger partial charge in [0, 0.05) is 0 Å². The lowest BCUT2D eigenvalue weighted by molar-refractivity contribution is 0.259. The summed E-state index contributed by atoms with van der Waals surface area (Å²) in [5.74, 6) is 0. The highest BCUT2D eigenvalue weighted by Gasteiger charge is 2.03. The van der Waals surface area contributed by atoms with Crippen molar-refractivity contribution in [3.63, 3.8) is 0 Å². The molecule has 0 aliphatic rings. The van der Waals surface area contributed by atoms with E-state index in [1.165, 1.54) is 90.5 Å². The summed E-state index contributed by atoms with van der Waals surface area (Å²) in [6, 6.07) is 0. The van der Waals surface area contributed by atoms with E-state index in [1.807, 2.05) is 0 Å². The maximum absolute atomic E-state index is 3.48. The Hall–Kier alpha value is -0.0800. The SMILES string of the molecule is CCCCN(CCCC)CCCCCCNCCC. The maximum Gasteiger partial charge on any atom is -0.00187 e. The lowest BCUT2D eigenvalue weighted by atomic mass is 10.1. The van der Waals surface area contributed by atoms with Gasteiger partial charge in [0.15, 0.2) is 0 Å². The summed E-state index contributed by atoms with van der Waals surface area (Å²) < 4.78 is 0. The van der Waals surface area contributed by atoms with E-state index in [4.69, 9.17) is 0 Å². The first kappa shape index (κ1) is 18.9. The second-order valence-electron chi connectivity index (χ2n) is 5.71. The van der Waals surface area contributed by atoms with E-state index in [9.17, 15) is 0 Å². The highest BCUT2D eigenvalue weighted by atomic mass is 15.1. The minimum atomic E-state index is 1.18. The number of hydrogen-bond donors (Lipinski definition) is 1. The number of nitrogens with zero attached hydrogens (tertiary/aromatic N) is 1. The Labute approximate surface area is 122 Å². The Morgan fingerprint density at radius 2 is 1.16 bits per heavy atom. The van der Waals surface area contributed by atoms with Gasteiger partial charge in [-0.3, -0.25) is 0 Å². The summed E-state index contributed by atoms with van der Waals surface area (Å²) in [6.45, 7) is 13.2. The van der Waals surface area contributed by atoms with E-state index >= 15 is 0 Å². The molecule has 0 bridgehead atoms. The zero-order valence-electron chi connectivity index (χ0n) is 13.8. The highest BCUT2D eigenvalue weighted by molar-refractivity contribution is 4.58. The quantitative estimate of drug-likeness (QED) is 0.442. The van der Waals surface area contributed by atoms with Crippen LogP contribution in [0.3, 0.4) is 0 Å². The molecule has 2 heteroatoms. The van der Waals surface area contributed by atoms with E-state index in [2.05, 4.69) is 31.0 Å². The van der Waals surface area contributed by atoms with Crippen LogP contribution in [-0.4, -0.2) is 37.6 Å². The van der Waals surface area contributed by atoms with Crippen molar-refractivity contribution in [2.24, 2.45) is 0 Å². The van der Waals surface area contributed by atoms with Crippen LogP contribution < -0.4 is 5.32 Å². The van der Waals surface area contributed by atoms with Crippen LogP contribution >= 0.6 is 0 Å². The standard InChI is InChI=1S/C17H38N2/c1-4-7-15-19(16-8-5-2)17-12-10-9-11-14-18-13-6-3/h18H,4-17H2,1-3H3. The van der Waals surface area contributed by atoms with Gasteiger partial charge in [0.2, 0.25) is 0 Å². The average Bonchev–Trinajstić information content (AvgIpc) is 2.43. The Morgan fingerprint density at radius 1 is 0.579 bits per heavy atom. The highest BCUT2D eigenvalue weighted by Crippen LogP contribution is 2.04. The zero-order chi connectivity index (χ0) is 14.2. The second-order valence-corrected chi connectivity index (χ2v) is 5.71. The molecule has 0 heterocycles. The van der Waals surface area contributed by atoms with Crippen molar-refractivity contribution in [1.82, 2.24) is 10.2 Å². The van der Waals surface area contributed by atoms with Crippen molar-refractivity contribution in [3.05, 3.63) is 0 Å². The summed E-state index contributed by atoms with van der Waals surface area (Å²) in [6.07, 6.45) is 12.2. The van der Waals surface area contributed by atoms with Crippen LogP contribution in [0.15, 0.2) is 0 Å². The largest absolute Gasteiger partial charge is 0.317 e. The van der Waals surface area contributed by atoms with Crippen molar-refractivity contribution in [2.75, 3.05) is 32.7 Å². The predicted octanol–water partition coefficient (Wildman–Crippen LogP) is 4.45. The fourth-order valence-corrected chi connectivity index (χ4v) is 2.34. The molecule has 0 saturated heterocycles. The molecule has 19 heavy (non-hydrogen) atoms. The van der Waals surface area contributed by atoms with Gasteiger partial charge >= 0.3 is 0 Å². The van der Waals surface area contributed by atoms with Crippen LogP contribution in [0.4, 0.5) is 0 Å². The van der Waals surface area contributed by atoms with E-state index < -0.39 is 0 Å². The van der Waals surface area contributed by atoms with E-state index in [1.54, 1.807) is 0 Å². The van der Waals surface area contributed by atoms with Gasteiger partial charge in [-0.1, -0.05) is 46.5 Å². The van der Waals surface area contributed by atoms with Gasteiger partial charge in [-0.2, -0.15) is 0 Å². The maximum atomic E-state index is 3.48. The third-order valence-corrected chi connectivity index (χ3v) is 3.66. The third-order valence-electron chi connectivity index (χ3n) is 3.66. The minimum absolute atomic E-state index is 1.18. The first-order valence-corrected chi connectivity index (χ1v) is 8.78. The second kappa shape index (κ2) is 16.0. The van der Waals surface area contributed by atoms with E-state index in [0.717, 1.165) is 0 Å². The fourth-order valence-electron chi connectivity index (χ4n) is 2.34. The van der Waals surface area contributed by atoms with Crippen LogP contribution in [0.5, 0.6) is 0 Å². The van der Waals surface area contributed by atoms with Crippen LogP contribution in [0.1, 0.15) is 78.6 Å². The molecule has 0 aromatic carbocycles. The lowest BCUT2D eigenvalue weighted by Gasteiger charge is -2.21. The van der Waals surface area contributed by atoms with Gasteiger partial charge in [0.25, 0.3) is 0 Å². The molecule has 0 aromatic rings. The van der Waals surface area contributed by atoms with Gasteiger partial charge in [0.05, 0.1) is 0 Å². The molecule has 0 aliphatic heterocycles. The molecule has 116 valence electrons. The van der Waals surface area contributed by atoms with Gasteiger partial charge in [-0.15, -0.1) is 0 Å². The number of nitrogens with one attached hydrogen (secondary N) is 1. The fraction of sp³-hybridized carbons (Fsp3) is 1.00. The number of unbranched alkanes of at least 4 members (excludes halogenated alkanes) is 5. The van der Waals surface area contributed by atoms with Crippen molar-refractivity contribution < 1.29 is 0 Å². The molecule has 0 aliphatic carbocycles. The Balaban J connectivity index is 3.40. The van der Waals surface area contributed by atoms with Gasteiger partial charge in [-0.05, 0) is 64.8 Å². The van der Waals surface area contributed by atoms with Gasteiger partial charge < -0.3 is 10.2 Å². The summed E-state index contributed by atoms with van der Waals surface area (Å²) in [5, 5.41) is 3.48. The molecule has 1 N–H and O–H groups in total. The van der Waals surface area contributed by atoms with Crippen molar-refractivity contribution in [3.8, 4) is 0 Å². The first-order valence-electron chi connectivity index (χ1n) is 8.78. The first-order chi connectivity index (χ1) is 9.35. The van der Waals surface area contributed by atoms with E-state index in [-0.39, 0.29) is 0 Å². The lowest BCUT2D eigenvalue weighted by Crippen LogP contribution is -2.27. The van der Waals surface area contributed by atoms with Crippen LogP contribution in [0.2, 0.25) is 0 Å². The normalized spacial score (nSPS) is 11.4. The summed E-state index contributed by atoms with van der Waals surface area (Å²) in [7, 11) is 0. The number of hydrogen-bond acceptors (Lipinski definition) is 2. The molecule has 0 aromatic heterocycles. The van der Waals surface area contributed by atoms with Crippen molar-refractivity contribution >= 4 is 0 Å². The summed E-state index contributed by atoms with van der Waals surface area (Å²) in [5.41, 5.74) is 0. The Kier molecular flexibility index (Phi) is 15.9. The zero-order valence-corrected chi connectivity index (χ0v) is 13.8. The Morgan fingerprint density at radius 3 is 1.74 bits per heavy atom. The molecular weight excluding hydrogens is 232 g/mol. The smallest absolute Gasteiger partial charge is 0.00187 e. The molecule has 0 spiro atoms. The molecule has 0 fully saturated rings. The van der Waals surface area contributed by atoms with Crippen LogP contribution in [0, 0.1) is 0 Å². The summed E-state index contributed by atoms with van der Waals surface area (Å²) >= 11 is 0. The molecule has 2 nitrogen and oxygen atoms in total. The molecule has 0 atom stereocenters. The van der Waals surface area contributed by atoms with Crippen molar-refractivity contribution in [1.29, 1.82) is 0 Å². The molecule has 0 amide bonds. The van der Waals surface area contributed by atoms with Gasteiger partial charge in [-0.25, -0.2) is 0 Å².